The zero-order valence-corrected chi connectivity index (χ0v) is 25.9. The highest BCUT2D eigenvalue weighted by Crippen LogP contribution is 2.29. The summed E-state index contributed by atoms with van der Waals surface area (Å²) in [7, 11) is -4.15. The SMILES string of the molecule is Cc1ccc(S(=O)(=O)N(CC(=O)N(Cc2ccc(Cl)cc2Cl)[C@@H](C)C(=O)NC(C)C)c2cc(C)ccc2C)cc1. The number of aryl methyl sites for hydroxylation is 3. The Balaban J connectivity index is 2.10. The van der Waals surface area contributed by atoms with Crippen molar-refractivity contribution in [3.05, 3.63) is 93.0 Å². The predicted molar refractivity (Wildman–Crippen MR) is 161 cm³/mol. The number of halogens is 2. The molecule has 0 saturated carbocycles. The van der Waals surface area contributed by atoms with Crippen LogP contribution in [0.15, 0.2) is 65.6 Å². The molecule has 0 fully saturated rings. The smallest absolute Gasteiger partial charge is 0.264 e. The molecule has 0 spiro atoms. The molecule has 0 heterocycles. The van der Waals surface area contributed by atoms with Gasteiger partial charge in [-0.05, 0) is 88.6 Å². The van der Waals surface area contributed by atoms with Crippen LogP contribution in [0.1, 0.15) is 43.0 Å². The fourth-order valence-electron chi connectivity index (χ4n) is 4.16. The van der Waals surface area contributed by atoms with Gasteiger partial charge in [0.25, 0.3) is 10.0 Å². The maximum absolute atomic E-state index is 14.0. The van der Waals surface area contributed by atoms with E-state index in [0.717, 1.165) is 15.4 Å². The first kappa shape index (κ1) is 31.5. The standard InChI is InChI=1S/C30H35Cl2N3O4S/c1-19(2)33-30(37)23(6)34(17-24-11-12-25(31)16-27(24)32)29(36)18-35(28-15-21(4)7-10-22(28)5)40(38,39)26-13-8-20(3)9-14-26/h7-16,19,23H,17-18H2,1-6H3,(H,33,37)/t23-/m0/s1. The van der Waals surface area contributed by atoms with E-state index in [1.165, 1.54) is 17.0 Å². The van der Waals surface area contributed by atoms with Gasteiger partial charge >= 0.3 is 0 Å². The van der Waals surface area contributed by atoms with Crippen molar-refractivity contribution in [3.63, 3.8) is 0 Å². The number of nitrogens with zero attached hydrogens (tertiary/aromatic N) is 2. The van der Waals surface area contributed by atoms with Crippen molar-refractivity contribution in [1.82, 2.24) is 10.2 Å². The molecule has 7 nitrogen and oxygen atoms in total. The summed E-state index contributed by atoms with van der Waals surface area (Å²) in [4.78, 5) is 28.5. The molecule has 3 rings (SSSR count). The van der Waals surface area contributed by atoms with Crippen molar-refractivity contribution < 1.29 is 18.0 Å². The Hall–Kier alpha value is -3.07. The third-order valence-corrected chi connectivity index (χ3v) is 8.84. The molecule has 0 aliphatic carbocycles. The van der Waals surface area contributed by atoms with Crippen LogP contribution in [0.25, 0.3) is 0 Å². The number of hydrogen-bond donors (Lipinski definition) is 1. The second-order valence-corrected chi connectivity index (χ2v) is 12.9. The number of nitrogens with one attached hydrogen (secondary N) is 1. The van der Waals surface area contributed by atoms with E-state index in [-0.39, 0.29) is 23.4 Å². The summed E-state index contributed by atoms with van der Waals surface area (Å²) in [6, 6.07) is 15.7. The van der Waals surface area contributed by atoms with E-state index in [9.17, 15) is 18.0 Å². The molecule has 0 radical (unpaired) electrons. The van der Waals surface area contributed by atoms with Crippen molar-refractivity contribution in [1.29, 1.82) is 0 Å². The molecule has 0 aliphatic rings. The molecule has 3 aromatic carbocycles. The number of anilines is 1. The minimum absolute atomic E-state index is 0.0211. The van der Waals surface area contributed by atoms with Gasteiger partial charge < -0.3 is 10.2 Å². The second-order valence-electron chi connectivity index (χ2n) is 10.2. The van der Waals surface area contributed by atoms with Gasteiger partial charge in [0.15, 0.2) is 0 Å². The Morgan fingerprint density at radius 2 is 1.50 bits per heavy atom. The van der Waals surface area contributed by atoms with Crippen LogP contribution in [0, 0.1) is 20.8 Å². The quantitative estimate of drug-likeness (QED) is 0.305. The highest BCUT2D eigenvalue weighted by Gasteiger charge is 2.33. The van der Waals surface area contributed by atoms with Gasteiger partial charge in [0.2, 0.25) is 11.8 Å². The maximum atomic E-state index is 14.0. The lowest BCUT2D eigenvalue weighted by Crippen LogP contribution is -2.52. The fraction of sp³-hybridized carbons (Fsp3) is 0.333. The maximum Gasteiger partial charge on any atom is 0.264 e. The topological polar surface area (TPSA) is 86.8 Å². The van der Waals surface area contributed by atoms with Crippen molar-refractivity contribution in [2.75, 3.05) is 10.8 Å². The zero-order valence-electron chi connectivity index (χ0n) is 23.5. The fourth-order valence-corrected chi connectivity index (χ4v) is 6.10. The number of benzene rings is 3. The van der Waals surface area contributed by atoms with Crippen LogP contribution < -0.4 is 9.62 Å². The number of amides is 2. The third kappa shape index (κ3) is 7.56. The van der Waals surface area contributed by atoms with Gasteiger partial charge in [0, 0.05) is 22.6 Å². The Bertz CT molecular complexity index is 1490. The summed E-state index contributed by atoms with van der Waals surface area (Å²) in [5.74, 6) is -0.929. The summed E-state index contributed by atoms with van der Waals surface area (Å²) in [5.41, 5.74) is 3.39. The molecule has 0 aliphatic heterocycles. The van der Waals surface area contributed by atoms with Gasteiger partial charge in [-0.2, -0.15) is 0 Å². The van der Waals surface area contributed by atoms with E-state index in [1.54, 1.807) is 50.2 Å². The number of sulfonamides is 1. The Labute approximate surface area is 247 Å². The van der Waals surface area contributed by atoms with Crippen LogP contribution in [0.2, 0.25) is 10.0 Å². The monoisotopic (exact) mass is 603 g/mol. The van der Waals surface area contributed by atoms with Crippen molar-refractivity contribution in [2.24, 2.45) is 0 Å². The van der Waals surface area contributed by atoms with E-state index in [2.05, 4.69) is 5.32 Å². The molecule has 1 N–H and O–H groups in total. The summed E-state index contributed by atoms with van der Waals surface area (Å²) in [6.07, 6.45) is 0. The predicted octanol–water partition coefficient (Wildman–Crippen LogP) is 6.06. The van der Waals surface area contributed by atoms with Crippen LogP contribution >= 0.6 is 23.2 Å². The minimum atomic E-state index is -4.15. The van der Waals surface area contributed by atoms with Crippen molar-refractivity contribution >= 4 is 50.7 Å². The number of hydrogen-bond acceptors (Lipinski definition) is 4. The van der Waals surface area contributed by atoms with Crippen LogP contribution in [0.3, 0.4) is 0 Å². The Kier molecular flexibility index (Phi) is 10.3. The summed E-state index contributed by atoms with van der Waals surface area (Å²) >= 11 is 12.5. The number of carbonyl (C=O) groups excluding carboxylic acids is 2. The summed E-state index contributed by atoms with van der Waals surface area (Å²) < 4.78 is 29.1. The first-order chi connectivity index (χ1) is 18.7. The normalized spacial score (nSPS) is 12.2. The average molecular weight is 605 g/mol. The lowest BCUT2D eigenvalue weighted by atomic mass is 10.1. The lowest BCUT2D eigenvalue weighted by molar-refractivity contribution is -0.139. The van der Waals surface area contributed by atoms with Gasteiger partial charge in [0.05, 0.1) is 10.6 Å². The molecule has 2 amide bonds. The van der Waals surface area contributed by atoms with Gasteiger partial charge in [-0.1, -0.05) is 59.1 Å². The van der Waals surface area contributed by atoms with Crippen molar-refractivity contribution in [2.45, 2.75) is 65.1 Å². The van der Waals surface area contributed by atoms with E-state index >= 15 is 0 Å². The lowest BCUT2D eigenvalue weighted by Gasteiger charge is -2.33. The summed E-state index contributed by atoms with van der Waals surface area (Å²) in [6.45, 7) is 10.2. The van der Waals surface area contributed by atoms with Gasteiger partial charge in [-0.25, -0.2) is 8.42 Å². The molecular weight excluding hydrogens is 569 g/mol. The Morgan fingerprint density at radius 1 is 0.875 bits per heavy atom. The van der Waals surface area contributed by atoms with Gasteiger partial charge in [0.1, 0.15) is 12.6 Å². The van der Waals surface area contributed by atoms with E-state index in [0.29, 0.717) is 26.9 Å². The number of carbonyl (C=O) groups is 2. The first-order valence-corrected chi connectivity index (χ1v) is 15.1. The minimum Gasteiger partial charge on any atom is -0.352 e. The van der Waals surface area contributed by atoms with Crippen LogP contribution in [0.5, 0.6) is 0 Å². The first-order valence-electron chi connectivity index (χ1n) is 12.9. The number of rotatable bonds is 10. The highest BCUT2D eigenvalue weighted by atomic mass is 35.5. The summed E-state index contributed by atoms with van der Waals surface area (Å²) in [5, 5.41) is 3.60. The van der Waals surface area contributed by atoms with E-state index in [1.807, 2.05) is 39.8 Å². The van der Waals surface area contributed by atoms with Crippen molar-refractivity contribution in [3.8, 4) is 0 Å². The molecule has 1 atom stereocenters. The Morgan fingerprint density at radius 3 is 2.10 bits per heavy atom. The van der Waals surface area contributed by atoms with Crippen LogP contribution in [0.4, 0.5) is 5.69 Å². The molecule has 10 heteroatoms. The molecule has 3 aromatic rings. The highest BCUT2D eigenvalue weighted by molar-refractivity contribution is 7.92. The molecule has 0 bridgehead atoms. The zero-order chi connectivity index (χ0) is 29.8. The third-order valence-electron chi connectivity index (χ3n) is 6.48. The largest absolute Gasteiger partial charge is 0.352 e. The molecule has 0 aromatic heterocycles. The van der Waals surface area contributed by atoms with Crippen LogP contribution in [-0.2, 0) is 26.2 Å². The van der Waals surface area contributed by atoms with Crippen LogP contribution in [-0.4, -0.2) is 43.8 Å². The average Bonchev–Trinajstić information content (AvgIpc) is 2.87. The molecule has 40 heavy (non-hydrogen) atoms. The van der Waals surface area contributed by atoms with Gasteiger partial charge in [-0.15, -0.1) is 0 Å². The second kappa shape index (κ2) is 13.1. The molecule has 214 valence electrons. The van der Waals surface area contributed by atoms with E-state index in [4.69, 9.17) is 23.2 Å². The van der Waals surface area contributed by atoms with E-state index < -0.39 is 28.5 Å². The molecule has 0 unspecified atom stereocenters. The molecular formula is C30H35Cl2N3O4S. The van der Waals surface area contributed by atoms with Gasteiger partial charge in [-0.3, -0.25) is 13.9 Å². The molecule has 0 saturated heterocycles.